The first kappa shape index (κ1) is 18.0. The quantitative estimate of drug-likeness (QED) is 0.689. The lowest BCUT2D eigenvalue weighted by Crippen LogP contribution is -2.50. The maximum absolute atomic E-state index is 11.9. The Hall–Kier alpha value is -1.39. The van der Waals surface area contributed by atoms with Crippen LogP contribution < -0.4 is 10.6 Å². The fourth-order valence-corrected chi connectivity index (χ4v) is 3.19. The van der Waals surface area contributed by atoms with Gasteiger partial charge in [-0.1, -0.05) is 51.0 Å². The van der Waals surface area contributed by atoms with Crippen molar-refractivity contribution in [2.75, 3.05) is 19.7 Å². The van der Waals surface area contributed by atoms with Gasteiger partial charge in [-0.15, -0.1) is 0 Å². The van der Waals surface area contributed by atoms with E-state index in [1.54, 1.807) is 0 Å². The number of aliphatic hydroxyl groups excluding tert-OH is 1. The maximum atomic E-state index is 11.9. The molecule has 0 unspecified atom stereocenters. The highest BCUT2D eigenvalue weighted by atomic mass is 16.3. The molecule has 1 amide bonds. The van der Waals surface area contributed by atoms with Crippen LogP contribution in [0, 0.1) is 0 Å². The molecule has 2 rings (SSSR count). The lowest BCUT2D eigenvalue weighted by atomic mass is 9.99. The second-order valence-electron chi connectivity index (χ2n) is 7.00. The third kappa shape index (κ3) is 5.33. The smallest absolute Gasteiger partial charge is 0.233 e. The van der Waals surface area contributed by atoms with E-state index in [0.29, 0.717) is 12.5 Å². The van der Waals surface area contributed by atoms with Crippen LogP contribution in [0.1, 0.15) is 56.6 Å². The molecule has 0 bridgehead atoms. The fourth-order valence-electron chi connectivity index (χ4n) is 3.19. The predicted octanol–water partition coefficient (Wildman–Crippen LogP) is 2.36. The Labute approximate surface area is 139 Å². The van der Waals surface area contributed by atoms with Gasteiger partial charge in [-0.05, 0) is 36.3 Å². The Balaban J connectivity index is 1.68. The zero-order valence-corrected chi connectivity index (χ0v) is 14.4. The lowest BCUT2D eigenvalue weighted by Gasteiger charge is -2.27. The van der Waals surface area contributed by atoms with E-state index in [-0.39, 0.29) is 24.6 Å². The molecule has 1 aromatic rings. The van der Waals surface area contributed by atoms with Gasteiger partial charge in [0.25, 0.3) is 0 Å². The SMILES string of the molecule is CC(C)c1ccc(CCNC(=O)CNC2(CO)CCCC2)cc1. The summed E-state index contributed by atoms with van der Waals surface area (Å²) in [5.41, 5.74) is 2.35. The predicted molar refractivity (Wildman–Crippen MR) is 93.5 cm³/mol. The van der Waals surface area contributed by atoms with Crippen molar-refractivity contribution in [1.82, 2.24) is 10.6 Å². The minimum atomic E-state index is -0.232. The van der Waals surface area contributed by atoms with E-state index < -0.39 is 0 Å². The van der Waals surface area contributed by atoms with Crippen molar-refractivity contribution in [2.24, 2.45) is 0 Å². The van der Waals surface area contributed by atoms with Crippen LogP contribution in [0.3, 0.4) is 0 Å². The van der Waals surface area contributed by atoms with Crippen LogP contribution in [0.25, 0.3) is 0 Å². The molecule has 0 atom stereocenters. The van der Waals surface area contributed by atoms with Gasteiger partial charge in [-0.3, -0.25) is 4.79 Å². The second-order valence-corrected chi connectivity index (χ2v) is 7.00. The van der Waals surface area contributed by atoms with Crippen molar-refractivity contribution in [3.63, 3.8) is 0 Å². The van der Waals surface area contributed by atoms with E-state index in [9.17, 15) is 9.90 Å². The molecule has 1 fully saturated rings. The van der Waals surface area contributed by atoms with Crippen molar-refractivity contribution in [2.45, 2.75) is 57.4 Å². The maximum Gasteiger partial charge on any atom is 0.233 e. The van der Waals surface area contributed by atoms with Crippen LogP contribution in [0.4, 0.5) is 0 Å². The molecule has 0 aromatic heterocycles. The Morgan fingerprint density at radius 1 is 1.22 bits per heavy atom. The fraction of sp³-hybridized carbons (Fsp3) is 0.632. The molecule has 1 saturated carbocycles. The molecule has 0 radical (unpaired) electrons. The summed E-state index contributed by atoms with van der Waals surface area (Å²) < 4.78 is 0. The standard InChI is InChI=1S/C19H30N2O2/c1-15(2)17-7-5-16(6-8-17)9-12-20-18(23)13-21-19(14-22)10-3-4-11-19/h5-8,15,21-22H,3-4,9-14H2,1-2H3,(H,20,23). The molecule has 128 valence electrons. The first-order valence-electron chi connectivity index (χ1n) is 8.76. The van der Waals surface area contributed by atoms with Gasteiger partial charge >= 0.3 is 0 Å². The van der Waals surface area contributed by atoms with Crippen LogP contribution in [-0.2, 0) is 11.2 Å². The molecule has 1 aliphatic carbocycles. The van der Waals surface area contributed by atoms with E-state index in [1.807, 2.05) is 0 Å². The second kappa shape index (κ2) is 8.46. The van der Waals surface area contributed by atoms with Gasteiger partial charge in [0.15, 0.2) is 0 Å². The van der Waals surface area contributed by atoms with Gasteiger partial charge in [0, 0.05) is 12.1 Å². The molecule has 0 aliphatic heterocycles. The molecule has 0 saturated heterocycles. The first-order chi connectivity index (χ1) is 11.0. The summed E-state index contributed by atoms with van der Waals surface area (Å²) in [7, 11) is 0. The summed E-state index contributed by atoms with van der Waals surface area (Å²) in [4.78, 5) is 11.9. The van der Waals surface area contributed by atoms with Crippen LogP contribution >= 0.6 is 0 Å². The highest BCUT2D eigenvalue weighted by Gasteiger charge is 2.32. The van der Waals surface area contributed by atoms with E-state index in [4.69, 9.17) is 0 Å². The van der Waals surface area contributed by atoms with Gasteiger partial charge < -0.3 is 15.7 Å². The van der Waals surface area contributed by atoms with Crippen molar-refractivity contribution in [3.8, 4) is 0 Å². The number of hydrogen-bond donors (Lipinski definition) is 3. The van der Waals surface area contributed by atoms with Crippen LogP contribution in [0.2, 0.25) is 0 Å². The molecule has 1 aliphatic rings. The molecule has 4 nitrogen and oxygen atoms in total. The van der Waals surface area contributed by atoms with Crippen molar-refractivity contribution >= 4 is 5.91 Å². The number of rotatable bonds is 8. The number of carbonyl (C=O) groups is 1. The van der Waals surface area contributed by atoms with Gasteiger partial charge in [0.2, 0.25) is 5.91 Å². The van der Waals surface area contributed by atoms with Crippen molar-refractivity contribution in [3.05, 3.63) is 35.4 Å². The summed E-state index contributed by atoms with van der Waals surface area (Å²) in [6, 6.07) is 8.60. The molecule has 0 heterocycles. The number of hydrogen-bond acceptors (Lipinski definition) is 3. The van der Waals surface area contributed by atoms with Gasteiger partial charge in [-0.2, -0.15) is 0 Å². The number of nitrogens with one attached hydrogen (secondary N) is 2. The average Bonchev–Trinajstić information content (AvgIpc) is 3.03. The Morgan fingerprint density at radius 2 is 1.87 bits per heavy atom. The number of carbonyl (C=O) groups excluding carboxylic acids is 1. The van der Waals surface area contributed by atoms with Gasteiger partial charge in [-0.25, -0.2) is 0 Å². The third-order valence-electron chi connectivity index (χ3n) is 4.87. The monoisotopic (exact) mass is 318 g/mol. The Kier molecular flexibility index (Phi) is 6.60. The molecule has 0 spiro atoms. The highest BCUT2D eigenvalue weighted by Crippen LogP contribution is 2.28. The molecule has 1 aromatic carbocycles. The van der Waals surface area contributed by atoms with E-state index in [0.717, 1.165) is 32.1 Å². The van der Waals surface area contributed by atoms with Crippen molar-refractivity contribution < 1.29 is 9.90 Å². The van der Waals surface area contributed by atoms with Crippen LogP contribution in [-0.4, -0.2) is 36.2 Å². The topological polar surface area (TPSA) is 61.4 Å². The van der Waals surface area contributed by atoms with Crippen LogP contribution in [0.5, 0.6) is 0 Å². The summed E-state index contributed by atoms with van der Waals surface area (Å²) in [6.07, 6.45) is 5.01. The van der Waals surface area contributed by atoms with Gasteiger partial charge in [0.05, 0.1) is 13.2 Å². The molecular weight excluding hydrogens is 288 g/mol. The third-order valence-corrected chi connectivity index (χ3v) is 4.87. The number of aliphatic hydroxyl groups is 1. The van der Waals surface area contributed by atoms with E-state index in [1.165, 1.54) is 11.1 Å². The molecule has 3 N–H and O–H groups in total. The number of amides is 1. The summed E-state index contributed by atoms with van der Waals surface area (Å²) >= 11 is 0. The normalized spacial score (nSPS) is 16.7. The average molecular weight is 318 g/mol. The molecule has 23 heavy (non-hydrogen) atoms. The zero-order chi connectivity index (χ0) is 16.7. The Bertz CT molecular complexity index is 491. The largest absolute Gasteiger partial charge is 0.394 e. The van der Waals surface area contributed by atoms with Crippen molar-refractivity contribution in [1.29, 1.82) is 0 Å². The van der Waals surface area contributed by atoms with E-state index >= 15 is 0 Å². The summed E-state index contributed by atoms with van der Waals surface area (Å²) in [5, 5.41) is 15.7. The minimum Gasteiger partial charge on any atom is -0.394 e. The first-order valence-corrected chi connectivity index (χ1v) is 8.76. The summed E-state index contributed by atoms with van der Waals surface area (Å²) in [6.45, 7) is 5.42. The highest BCUT2D eigenvalue weighted by molar-refractivity contribution is 5.78. The summed E-state index contributed by atoms with van der Waals surface area (Å²) in [5.74, 6) is 0.549. The molecular formula is C19H30N2O2. The Morgan fingerprint density at radius 3 is 2.43 bits per heavy atom. The minimum absolute atomic E-state index is 0.00326. The molecule has 4 heteroatoms. The van der Waals surface area contributed by atoms with E-state index in [2.05, 4.69) is 48.7 Å². The zero-order valence-electron chi connectivity index (χ0n) is 14.4. The van der Waals surface area contributed by atoms with Crippen LogP contribution in [0.15, 0.2) is 24.3 Å². The lowest BCUT2D eigenvalue weighted by molar-refractivity contribution is -0.120. The van der Waals surface area contributed by atoms with Gasteiger partial charge in [0.1, 0.15) is 0 Å². The number of benzene rings is 1.